The van der Waals surface area contributed by atoms with Gasteiger partial charge in [-0.25, -0.2) is 14.8 Å². The average Bonchev–Trinajstić information content (AvgIpc) is 2.37. The summed E-state index contributed by atoms with van der Waals surface area (Å²) < 4.78 is 5.49. The Morgan fingerprint density at radius 2 is 2.30 bits per heavy atom. The Kier molecular flexibility index (Phi) is 4.23. The minimum Gasteiger partial charge on any atom is -0.458 e. The second-order valence-electron chi connectivity index (χ2n) is 5.92. The second kappa shape index (κ2) is 5.75. The molecule has 109 valence electrons. The van der Waals surface area contributed by atoms with Crippen LogP contribution in [0.3, 0.4) is 0 Å². The molecule has 1 aromatic rings. The van der Waals surface area contributed by atoms with Crippen molar-refractivity contribution in [2.45, 2.75) is 39.3 Å². The summed E-state index contributed by atoms with van der Waals surface area (Å²) in [5.41, 5.74) is 0.437. The molecule has 2 heterocycles. The van der Waals surface area contributed by atoms with Gasteiger partial charge in [-0.2, -0.15) is 0 Å². The molecular formula is C14H21N4O2. The van der Waals surface area contributed by atoms with Gasteiger partial charge in [0.1, 0.15) is 17.5 Å². The Morgan fingerprint density at radius 1 is 1.55 bits per heavy atom. The van der Waals surface area contributed by atoms with Crippen LogP contribution in [0.1, 0.15) is 26.3 Å². The van der Waals surface area contributed by atoms with Crippen LogP contribution in [0.25, 0.3) is 0 Å². The van der Waals surface area contributed by atoms with E-state index in [1.165, 1.54) is 0 Å². The van der Waals surface area contributed by atoms with Crippen LogP contribution in [0.5, 0.6) is 0 Å². The minimum absolute atomic E-state index is 0.234. The highest BCUT2D eigenvalue weighted by atomic mass is 16.6. The number of rotatable bonds is 2. The number of hydrogen-bond acceptors (Lipinski definition) is 6. The highest BCUT2D eigenvalue weighted by molar-refractivity contribution is 5.81. The number of carbonyl (C=O) groups excluding carboxylic acids is 1. The van der Waals surface area contributed by atoms with Crippen molar-refractivity contribution in [3.63, 3.8) is 0 Å². The van der Waals surface area contributed by atoms with E-state index in [-0.39, 0.29) is 12.0 Å². The third kappa shape index (κ3) is 3.45. The lowest BCUT2D eigenvalue weighted by Crippen LogP contribution is -2.57. The smallest absolute Gasteiger partial charge is 0.330 e. The van der Waals surface area contributed by atoms with E-state index in [1.54, 1.807) is 6.20 Å². The van der Waals surface area contributed by atoms with E-state index in [2.05, 4.69) is 21.6 Å². The SMILES string of the molecule is Cc1cn[c]nc1N1CCNCC1C(=O)OC(C)(C)C. The lowest BCUT2D eigenvalue weighted by Gasteiger charge is -2.37. The number of anilines is 1. The molecule has 0 bridgehead atoms. The first-order chi connectivity index (χ1) is 9.38. The first kappa shape index (κ1) is 14.7. The first-order valence-electron chi connectivity index (χ1n) is 6.78. The number of piperazine rings is 1. The van der Waals surface area contributed by atoms with Gasteiger partial charge in [-0.05, 0) is 27.7 Å². The summed E-state index contributed by atoms with van der Waals surface area (Å²) in [6.45, 7) is 9.60. The molecule has 2 rings (SSSR count). The van der Waals surface area contributed by atoms with Crippen LogP contribution in [0.2, 0.25) is 0 Å². The van der Waals surface area contributed by atoms with Crippen LogP contribution >= 0.6 is 0 Å². The van der Waals surface area contributed by atoms with Gasteiger partial charge in [0.25, 0.3) is 0 Å². The first-order valence-corrected chi connectivity index (χ1v) is 6.78. The summed E-state index contributed by atoms with van der Waals surface area (Å²) in [4.78, 5) is 22.4. The Morgan fingerprint density at radius 3 is 2.95 bits per heavy atom. The van der Waals surface area contributed by atoms with E-state index in [4.69, 9.17) is 4.74 Å². The van der Waals surface area contributed by atoms with E-state index in [9.17, 15) is 4.79 Å². The summed E-state index contributed by atoms with van der Waals surface area (Å²) >= 11 is 0. The lowest BCUT2D eigenvalue weighted by molar-refractivity contribution is -0.156. The molecule has 6 nitrogen and oxygen atoms in total. The zero-order chi connectivity index (χ0) is 14.8. The second-order valence-corrected chi connectivity index (χ2v) is 5.92. The predicted molar refractivity (Wildman–Crippen MR) is 75.5 cm³/mol. The van der Waals surface area contributed by atoms with E-state index in [1.807, 2.05) is 32.6 Å². The Bertz CT molecular complexity index is 484. The van der Waals surface area contributed by atoms with Crippen molar-refractivity contribution in [3.05, 3.63) is 18.1 Å². The fraction of sp³-hybridized carbons (Fsp3) is 0.643. The van der Waals surface area contributed by atoms with E-state index < -0.39 is 5.60 Å². The van der Waals surface area contributed by atoms with E-state index >= 15 is 0 Å². The molecule has 20 heavy (non-hydrogen) atoms. The van der Waals surface area contributed by atoms with Gasteiger partial charge >= 0.3 is 5.97 Å². The molecule has 1 aliphatic rings. The molecule has 0 saturated carbocycles. The third-order valence-corrected chi connectivity index (χ3v) is 3.02. The lowest BCUT2D eigenvalue weighted by atomic mass is 10.1. The molecule has 1 saturated heterocycles. The average molecular weight is 277 g/mol. The number of aromatic nitrogens is 2. The predicted octanol–water partition coefficient (Wildman–Crippen LogP) is 0.705. The van der Waals surface area contributed by atoms with Crippen molar-refractivity contribution in [3.8, 4) is 0 Å². The summed E-state index contributed by atoms with van der Waals surface area (Å²) in [6, 6.07) is -0.370. The number of carbonyl (C=O) groups is 1. The van der Waals surface area contributed by atoms with Crippen molar-refractivity contribution >= 4 is 11.8 Å². The molecule has 1 aliphatic heterocycles. The number of nitrogens with zero attached hydrogens (tertiary/aromatic N) is 3. The number of nitrogens with one attached hydrogen (secondary N) is 1. The van der Waals surface area contributed by atoms with Gasteiger partial charge in [0.2, 0.25) is 0 Å². The zero-order valence-corrected chi connectivity index (χ0v) is 12.4. The topological polar surface area (TPSA) is 67.4 Å². The molecule has 1 aromatic heterocycles. The molecular weight excluding hydrogens is 256 g/mol. The van der Waals surface area contributed by atoms with Crippen LogP contribution in [0, 0.1) is 13.3 Å². The molecule has 0 aliphatic carbocycles. The van der Waals surface area contributed by atoms with Crippen LogP contribution in [-0.2, 0) is 9.53 Å². The molecule has 0 aromatic carbocycles. The van der Waals surface area contributed by atoms with Gasteiger partial charge in [-0.15, -0.1) is 0 Å². The zero-order valence-electron chi connectivity index (χ0n) is 12.4. The van der Waals surface area contributed by atoms with Crippen LogP contribution < -0.4 is 10.2 Å². The number of hydrogen-bond donors (Lipinski definition) is 1. The summed E-state index contributed by atoms with van der Waals surface area (Å²) in [5, 5.41) is 3.22. The molecule has 1 atom stereocenters. The largest absolute Gasteiger partial charge is 0.458 e. The Labute approximate surface area is 119 Å². The Hall–Kier alpha value is -1.69. The molecule has 0 amide bonds. The Balaban J connectivity index is 2.22. The van der Waals surface area contributed by atoms with Gasteiger partial charge in [0.05, 0.1) is 0 Å². The number of esters is 1. The fourth-order valence-electron chi connectivity index (χ4n) is 2.18. The van der Waals surface area contributed by atoms with Gasteiger partial charge in [0, 0.05) is 31.4 Å². The summed E-state index contributed by atoms with van der Waals surface area (Å²) in [6.07, 6.45) is 4.30. The normalized spacial score (nSPS) is 19.8. The third-order valence-electron chi connectivity index (χ3n) is 3.02. The molecule has 0 spiro atoms. The van der Waals surface area contributed by atoms with Gasteiger partial charge in [-0.1, -0.05) is 0 Å². The minimum atomic E-state index is -0.493. The van der Waals surface area contributed by atoms with Crippen molar-refractivity contribution in [2.75, 3.05) is 24.5 Å². The maximum atomic E-state index is 12.4. The quantitative estimate of drug-likeness (QED) is 0.803. The standard InChI is InChI=1S/C14H21N4O2/c1-10-7-16-9-17-12(10)18-6-5-15-8-11(18)13(19)20-14(2,3)4/h7,11,15H,5-6,8H2,1-4H3. The van der Waals surface area contributed by atoms with Crippen molar-refractivity contribution in [1.29, 1.82) is 0 Å². The highest BCUT2D eigenvalue weighted by Gasteiger charge is 2.33. The number of aryl methyl sites for hydroxylation is 1. The summed E-state index contributed by atoms with van der Waals surface area (Å²) in [7, 11) is 0. The van der Waals surface area contributed by atoms with E-state index in [0.717, 1.165) is 17.9 Å². The molecule has 1 unspecified atom stereocenters. The molecule has 1 N–H and O–H groups in total. The van der Waals surface area contributed by atoms with Gasteiger partial charge in [-0.3, -0.25) is 0 Å². The van der Waals surface area contributed by atoms with Crippen LogP contribution in [-0.4, -0.2) is 47.2 Å². The maximum absolute atomic E-state index is 12.4. The summed E-state index contributed by atoms with van der Waals surface area (Å²) in [5.74, 6) is 0.514. The monoisotopic (exact) mass is 277 g/mol. The molecule has 1 fully saturated rings. The van der Waals surface area contributed by atoms with E-state index in [0.29, 0.717) is 13.1 Å². The van der Waals surface area contributed by atoms with Crippen molar-refractivity contribution < 1.29 is 9.53 Å². The number of ether oxygens (including phenoxy) is 1. The molecule has 1 radical (unpaired) electrons. The van der Waals surface area contributed by atoms with Crippen molar-refractivity contribution in [2.24, 2.45) is 0 Å². The highest BCUT2D eigenvalue weighted by Crippen LogP contribution is 2.21. The molecule has 6 heteroatoms. The van der Waals surface area contributed by atoms with Crippen molar-refractivity contribution in [1.82, 2.24) is 15.3 Å². The fourth-order valence-corrected chi connectivity index (χ4v) is 2.18. The maximum Gasteiger partial charge on any atom is 0.330 e. The van der Waals surface area contributed by atoms with Gasteiger partial charge < -0.3 is 15.0 Å². The van der Waals surface area contributed by atoms with Crippen LogP contribution in [0.15, 0.2) is 6.20 Å². The van der Waals surface area contributed by atoms with Gasteiger partial charge in [0.15, 0.2) is 6.33 Å². The van der Waals surface area contributed by atoms with Crippen LogP contribution in [0.4, 0.5) is 5.82 Å².